The Balaban J connectivity index is 2.22. The molecule has 0 spiro atoms. The van der Waals surface area contributed by atoms with Gasteiger partial charge in [0.25, 0.3) is 0 Å². The van der Waals surface area contributed by atoms with Crippen LogP contribution in [0.15, 0.2) is 24.3 Å². The van der Waals surface area contributed by atoms with Crippen molar-refractivity contribution in [3.63, 3.8) is 0 Å². The van der Waals surface area contributed by atoms with Crippen LogP contribution >= 0.6 is 0 Å². The van der Waals surface area contributed by atoms with E-state index in [1.165, 1.54) is 0 Å². The Bertz CT molecular complexity index is 419. The van der Waals surface area contributed by atoms with E-state index in [0.717, 1.165) is 11.3 Å². The number of nitrogens with two attached hydrogens (primary N) is 1. The summed E-state index contributed by atoms with van der Waals surface area (Å²) in [5.74, 6) is -0.913. The summed E-state index contributed by atoms with van der Waals surface area (Å²) in [6.45, 7) is 3.10. The van der Waals surface area contributed by atoms with Crippen LogP contribution in [0.1, 0.15) is 12.0 Å². The van der Waals surface area contributed by atoms with Crippen molar-refractivity contribution in [2.75, 3.05) is 18.0 Å². The Labute approximate surface area is 94.7 Å². The number of carboxylic acid groups (broad SMARTS) is 1. The molecule has 1 aromatic rings. The fourth-order valence-corrected chi connectivity index (χ4v) is 2.13. The van der Waals surface area contributed by atoms with Crippen molar-refractivity contribution in [2.24, 2.45) is 5.73 Å². The van der Waals surface area contributed by atoms with Gasteiger partial charge in [-0.25, -0.2) is 0 Å². The molecule has 0 bridgehead atoms. The lowest BCUT2D eigenvalue weighted by Gasteiger charge is -2.23. The number of aliphatic carboxylic acids is 1. The molecular formula is C12H16N2O2. The van der Waals surface area contributed by atoms with E-state index in [0.29, 0.717) is 19.5 Å². The van der Waals surface area contributed by atoms with Gasteiger partial charge in [-0.3, -0.25) is 4.79 Å². The first-order valence-electron chi connectivity index (χ1n) is 5.36. The third-order valence-electron chi connectivity index (χ3n) is 3.18. The minimum Gasteiger partial charge on any atom is -0.480 e. The van der Waals surface area contributed by atoms with Crippen molar-refractivity contribution in [3.8, 4) is 0 Å². The van der Waals surface area contributed by atoms with Gasteiger partial charge in [0.05, 0.1) is 0 Å². The number of hydrogen-bond donors (Lipinski definition) is 2. The first-order valence-corrected chi connectivity index (χ1v) is 5.36. The summed E-state index contributed by atoms with van der Waals surface area (Å²) >= 11 is 0. The number of anilines is 1. The highest BCUT2D eigenvalue weighted by Gasteiger charge is 2.41. The lowest BCUT2D eigenvalue weighted by atomic mass is 10.0. The van der Waals surface area contributed by atoms with E-state index in [4.69, 9.17) is 10.8 Å². The van der Waals surface area contributed by atoms with Gasteiger partial charge in [-0.1, -0.05) is 18.2 Å². The minimum atomic E-state index is -1.09. The van der Waals surface area contributed by atoms with Gasteiger partial charge in [0.15, 0.2) is 0 Å². The van der Waals surface area contributed by atoms with E-state index in [1.807, 2.05) is 36.1 Å². The van der Waals surface area contributed by atoms with Crippen LogP contribution in [0.4, 0.5) is 5.69 Å². The van der Waals surface area contributed by atoms with Crippen molar-refractivity contribution in [2.45, 2.75) is 18.9 Å². The molecule has 3 N–H and O–H groups in total. The quantitative estimate of drug-likeness (QED) is 0.780. The predicted octanol–water partition coefficient (Wildman–Crippen LogP) is 0.987. The smallest absolute Gasteiger partial charge is 0.325 e. The van der Waals surface area contributed by atoms with Crippen LogP contribution < -0.4 is 10.6 Å². The molecule has 1 saturated heterocycles. The van der Waals surface area contributed by atoms with E-state index in [-0.39, 0.29) is 0 Å². The molecular weight excluding hydrogens is 204 g/mol. The molecule has 0 aromatic heterocycles. The zero-order valence-electron chi connectivity index (χ0n) is 9.31. The average molecular weight is 220 g/mol. The van der Waals surface area contributed by atoms with Gasteiger partial charge >= 0.3 is 5.97 Å². The van der Waals surface area contributed by atoms with Gasteiger partial charge in [-0.2, -0.15) is 0 Å². The maximum atomic E-state index is 11.0. The van der Waals surface area contributed by atoms with Gasteiger partial charge in [0, 0.05) is 18.8 Å². The molecule has 4 nitrogen and oxygen atoms in total. The van der Waals surface area contributed by atoms with Crippen LogP contribution in [0.25, 0.3) is 0 Å². The average Bonchev–Trinajstić information content (AvgIpc) is 2.63. The molecule has 2 rings (SSSR count). The molecule has 0 amide bonds. The first-order chi connectivity index (χ1) is 7.53. The second kappa shape index (κ2) is 3.79. The summed E-state index contributed by atoms with van der Waals surface area (Å²) in [7, 11) is 0. The maximum Gasteiger partial charge on any atom is 0.325 e. The highest BCUT2D eigenvalue weighted by atomic mass is 16.4. The molecule has 0 aliphatic carbocycles. The van der Waals surface area contributed by atoms with E-state index < -0.39 is 11.5 Å². The van der Waals surface area contributed by atoms with Crippen LogP contribution in [0.2, 0.25) is 0 Å². The molecule has 86 valence electrons. The topological polar surface area (TPSA) is 66.6 Å². The van der Waals surface area contributed by atoms with Gasteiger partial charge in [0.1, 0.15) is 5.54 Å². The lowest BCUT2D eigenvalue weighted by Crippen LogP contribution is -2.50. The van der Waals surface area contributed by atoms with E-state index in [2.05, 4.69) is 0 Å². The van der Waals surface area contributed by atoms with Crippen LogP contribution in [0, 0.1) is 6.92 Å². The SMILES string of the molecule is Cc1ccccc1N1CCC(N)(C(=O)O)C1. The second-order valence-electron chi connectivity index (χ2n) is 4.42. The van der Waals surface area contributed by atoms with Crippen molar-refractivity contribution in [1.29, 1.82) is 0 Å². The highest BCUT2D eigenvalue weighted by Crippen LogP contribution is 2.27. The standard InChI is InChI=1S/C12H16N2O2/c1-9-4-2-3-5-10(9)14-7-6-12(13,8-14)11(15)16/h2-5H,6-8,13H2,1H3,(H,15,16). The van der Waals surface area contributed by atoms with Crippen LogP contribution in [0.5, 0.6) is 0 Å². The number of para-hydroxylation sites is 1. The number of carbonyl (C=O) groups is 1. The zero-order valence-corrected chi connectivity index (χ0v) is 9.31. The van der Waals surface area contributed by atoms with Crippen molar-refractivity contribution in [3.05, 3.63) is 29.8 Å². The van der Waals surface area contributed by atoms with Crippen LogP contribution in [-0.2, 0) is 4.79 Å². The molecule has 0 saturated carbocycles. The third kappa shape index (κ3) is 1.76. The van der Waals surface area contributed by atoms with Gasteiger partial charge in [0.2, 0.25) is 0 Å². The Morgan fingerprint density at radius 1 is 1.50 bits per heavy atom. The number of hydrogen-bond acceptors (Lipinski definition) is 3. The van der Waals surface area contributed by atoms with Crippen molar-refractivity contribution < 1.29 is 9.90 Å². The number of benzene rings is 1. The molecule has 1 fully saturated rings. The molecule has 1 aliphatic heterocycles. The van der Waals surface area contributed by atoms with E-state index >= 15 is 0 Å². The molecule has 1 aliphatic rings. The number of carboxylic acids is 1. The predicted molar refractivity (Wildman–Crippen MR) is 62.6 cm³/mol. The largest absolute Gasteiger partial charge is 0.480 e. The summed E-state index contributed by atoms with van der Waals surface area (Å²) in [4.78, 5) is 13.1. The maximum absolute atomic E-state index is 11.0. The summed E-state index contributed by atoms with van der Waals surface area (Å²) in [6.07, 6.45) is 0.497. The zero-order chi connectivity index (χ0) is 11.8. The minimum absolute atomic E-state index is 0.382. The molecule has 1 unspecified atom stereocenters. The fourth-order valence-electron chi connectivity index (χ4n) is 2.13. The molecule has 4 heteroatoms. The summed E-state index contributed by atoms with van der Waals surface area (Å²) in [5.41, 5.74) is 6.97. The van der Waals surface area contributed by atoms with Gasteiger partial charge in [-0.15, -0.1) is 0 Å². The molecule has 1 atom stereocenters. The number of nitrogens with zero attached hydrogens (tertiary/aromatic N) is 1. The molecule has 16 heavy (non-hydrogen) atoms. The van der Waals surface area contributed by atoms with Crippen molar-refractivity contribution >= 4 is 11.7 Å². The summed E-state index contributed by atoms with van der Waals surface area (Å²) in [6, 6.07) is 7.96. The lowest BCUT2D eigenvalue weighted by molar-refractivity contribution is -0.142. The fraction of sp³-hybridized carbons (Fsp3) is 0.417. The third-order valence-corrected chi connectivity index (χ3v) is 3.18. The second-order valence-corrected chi connectivity index (χ2v) is 4.42. The Morgan fingerprint density at radius 3 is 2.75 bits per heavy atom. The highest BCUT2D eigenvalue weighted by molar-refractivity contribution is 5.80. The van der Waals surface area contributed by atoms with Gasteiger partial charge in [-0.05, 0) is 25.0 Å². The van der Waals surface area contributed by atoms with Crippen LogP contribution in [0.3, 0.4) is 0 Å². The number of aryl methyl sites for hydroxylation is 1. The first kappa shape index (κ1) is 11.0. The summed E-state index contributed by atoms with van der Waals surface area (Å²) < 4.78 is 0. The molecule has 1 heterocycles. The molecule has 1 aromatic carbocycles. The van der Waals surface area contributed by atoms with Crippen molar-refractivity contribution in [1.82, 2.24) is 0 Å². The van der Waals surface area contributed by atoms with E-state index in [1.54, 1.807) is 0 Å². The monoisotopic (exact) mass is 220 g/mol. The Kier molecular flexibility index (Phi) is 2.59. The van der Waals surface area contributed by atoms with Gasteiger partial charge < -0.3 is 15.7 Å². The van der Waals surface area contributed by atoms with Crippen LogP contribution in [-0.4, -0.2) is 29.7 Å². The Hall–Kier alpha value is -1.55. The normalized spacial score (nSPS) is 24.8. The Morgan fingerprint density at radius 2 is 2.19 bits per heavy atom. The number of rotatable bonds is 2. The molecule has 0 radical (unpaired) electrons. The van der Waals surface area contributed by atoms with E-state index in [9.17, 15) is 4.79 Å². The summed E-state index contributed by atoms with van der Waals surface area (Å²) in [5, 5.41) is 9.05.